The second-order valence-electron chi connectivity index (χ2n) is 7.17. The van der Waals surface area contributed by atoms with E-state index in [1.54, 1.807) is 0 Å². The largest absolute Gasteiger partial charge is 1.00 e. The number of rotatable bonds is 14. The molecule has 0 spiro atoms. The molecule has 0 amide bonds. The number of anilines is 1. The van der Waals surface area contributed by atoms with Crippen LogP contribution in [0.2, 0.25) is 0 Å². The summed E-state index contributed by atoms with van der Waals surface area (Å²) in [5.74, 6) is -4.52. The number of aromatic carboxylic acids is 3. The van der Waals surface area contributed by atoms with E-state index in [0.717, 1.165) is 19.3 Å². The molecule has 0 aromatic heterocycles. The zero-order valence-corrected chi connectivity index (χ0v) is 25.7. The second-order valence-corrected chi connectivity index (χ2v) is 7.17. The average molecular weight is 465 g/mol. The molecule has 1 aromatic carbocycles. The van der Waals surface area contributed by atoms with Crippen LogP contribution in [0.25, 0.3) is 0 Å². The maximum Gasteiger partial charge on any atom is 1.00 e. The molecule has 31 heavy (non-hydrogen) atoms. The average Bonchev–Trinajstić information content (AvgIpc) is 2.62. The fourth-order valence-corrected chi connectivity index (χ4v) is 3.23. The van der Waals surface area contributed by atoms with Crippen LogP contribution in [0.15, 0.2) is 12.1 Å². The van der Waals surface area contributed by atoms with Gasteiger partial charge in [-0.3, -0.25) is 0 Å². The zero-order valence-electron chi connectivity index (χ0n) is 22.7. The number of benzene rings is 1. The van der Waals surface area contributed by atoms with Gasteiger partial charge in [0.25, 0.3) is 0 Å². The van der Waals surface area contributed by atoms with E-state index < -0.39 is 34.6 Å². The molecule has 0 saturated carbocycles. The van der Waals surface area contributed by atoms with Crippen molar-refractivity contribution in [3.8, 4) is 0 Å². The van der Waals surface area contributed by atoms with E-state index >= 15 is 0 Å². The number of nitrogens with one attached hydrogen (secondary N) is 1. The van der Waals surface area contributed by atoms with Gasteiger partial charge in [0.1, 0.15) is 0 Å². The maximum atomic E-state index is 11.4. The van der Waals surface area contributed by atoms with Gasteiger partial charge in [-0.25, -0.2) is 14.4 Å². The van der Waals surface area contributed by atoms with Gasteiger partial charge in [-0.05, 0) is 25.5 Å². The third-order valence-corrected chi connectivity index (χ3v) is 4.72. The van der Waals surface area contributed by atoms with Gasteiger partial charge >= 0.3 is 107 Å². The monoisotopic (exact) mass is 465 g/mol. The summed E-state index contributed by atoms with van der Waals surface area (Å²) in [5.41, 5.74) is -1.48. The first kappa shape index (κ1) is 36.0. The Morgan fingerprint density at radius 3 is 1.61 bits per heavy atom. The van der Waals surface area contributed by atoms with Crippen LogP contribution in [0.3, 0.4) is 0 Å². The second kappa shape index (κ2) is 19.9. The Kier molecular flexibility index (Phi) is 23.1. The molecular weight excluding hydrogens is 431 g/mol. The van der Waals surface area contributed by atoms with Crippen molar-refractivity contribution in [2.24, 2.45) is 0 Å². The molecular formula is C21H34NNa3O6. The van der Waals surface area contributed by atoms with Crippen LogP contribution in [0.4, 0.5) is 5.69 Å². The molecule has 4 N–H and O–H groups in total. The first-order chi connectivity index (χ1) is 13.3. The molecule has 7 nitrogen and oxygen atoms in total. The van der Waals surface area contributed by atoms with Crippen molar-refractivity contribution >= 4 is 23.6 Å². The quantitative estimate of drug-likeness (QED) is 0.166. The predicted molar refractivity (Wildman–Crippen MR) is 111 cm³/mol. The number of carboxylic acids is 3. The van der Waals surface area contributed by atoms with E-state index in [1.165, 1.54) is 50.7 Å². The van der Waals surface area contributed by atoms with Crippen LogP contribution in [0.5, 0.6) is 0 Å². The van der Waals surface area contributed by atoms with Gasteiger partial charge in [0.15, 0.2) is 0 Å². The summed E-state index contributed by atoms with van der Waals surface area (Å²) in [5, 5.41) is 30.8. The first-order valence-corrected chi connectivity index (χ1v) is 9.92. The molecule has 1 unspecified atom stereocenters. The molecule has 10 heteroatoms. The fourth-order valence-electron chi connectivity index (χ4n) is 3.23. The van der Waals surface area contributed by atoms with E-state index in [1.807, 2.05) is 6.92 Å². The minimum Gasteiger partial charge on any atom is -1.00 e. The van der Waals surface area contributed by atoms with Crippen molar-refractivity contribution < 1.29 is 123 Å². The number of carbonyl (C=O) groups is 3. The van der Waals surface area contributed by atoms with Gasteiger partial charge in [-0.15, -0.1) is 0 Å². The van der Waals surface area contributed by atoms with Crippen molar-refractivity contribution in [3.05, 3.63) is 28.8 Å². The van der Waals surface area contributed by atoms with Crippen molar-refractivity contribution in [2.45, 2.75) is 77.7 Å². The van der Waals surface area contributed by atoms with Crippen LogP contribution in [0, 0.1) is 0 Å². The van der Waals surface area contributed by atoms with Gasteiger partial charge in [0.2, 0.25) is 0 Å². The Hall–Kier alpha value is 0.430. The van der Waals surface area contributed by atoms with Crippen LogP contribution >= 0.6 is 0 Å². The first-order valence-electron chi connectivity index (χ1n) is 9.92. The van der Waals surface area contributed by atoms with Crippen LogP contribution < -0.4 is 94.0 Å². The molecule has 0 fully saturated rings. The van der Waals surface area contributed by atoms with E-state index in [4.69, 9.17) is 0 Å². The molecule has 1 atom stereocenters. The molecule has 0 aliphatic rings. The summed E-state index contributed by atoms with van der Waals surface area (Å²) in [4.78, 5) is 34.1. The van der Waals surface area contributed by atoms with Crippen molar-refractivity contribution in [2.75, 3.05) is 5.32 Å². The molecule has 0 aliphatic carbocycles. The topological polar surface area (TPSA) is 124 Å². The summed E-state index contributed by atoms with van der Waals surface area (Å²) in [6.07, 6.45) is 10.5. The summed E-state index contributed by atoms with van der Waals surface area (Å²) < 4.78 is 0. The standard InChI is InChI=1S/C21H31NO6.3Na.3H/c1-3-4-5-6-7-8-9-10-11-14(2)22-15-12-16(19(23)24)18(21(27)28)17(13-15)20(25)26;;;;;;/h12-14,22H,3-11H2,1-2H3,(H,23,24)(H,25,26)(H,27,28);;;;;;/q;3*+1;3*-1. The third-order valence-electron chi connectivity index (χ3n) is 4.72. The summed E-state index contributed by atoms with van der Waals surface area (Å²) in [6.45, 7) is 4.13. The van der Waals surface area contributed by atoms with E-state index in [9.17, 15) is 29.7 Å². The summed E-state index contributed by atoms with van der Waals surface area (Å²) in [6, 6.07) is 2.38. The Balaban J connectivity index is -0.000000327. The van der Waals surface area contributed by atoms with Gasteiger partial charge in [-0.1, -0.05) is 58.3 Å². The van der Waals surface area contributed by atoms with E-state index in [0.29, 0.717) is 5.69 Å². The van der Waals surface area contributed by atoms with Crippen molar-refractivity contribution in [1.82, 2.24) is 0 Å². The SMILES string of the molecule is CCCCCCCCCCC(C)Nc1cc(C(=O)O)c(C(=O)O)c(C(=O)O)c1.[H-].[H-].[H-].[Na+].[Na+].[Na+]. The Labute approximate surface area is 255 Å². The molecule has 0 saturated heterocycles. The molecule has 0 aliphatic heterocycles. The van der Waals surface area contributed by atoms with Gasteiger partial charge in [0.05, 0.1) is 16.7 Å². The van der Waals surface area contributed by atoms with Crippen LogP contribution in [-0.4, -0.2) is 39.3 Å². The van der Waals surface area contributed by atoms with E-state index in [-0.39, 0.29) is 99.0 Å². The normalized spacial score (nSPS) is 10.6. The maximum absolute atomic E-state index is 11.4. The molecule has 0 bridgehead atoms. The Bertz CT molecular complexity index is 679. The van der Waals surface area contributed by atoms with Crippen molar-refractivity contribution in [3.63, 3.8) is 0 Å². The fraction of sp³-hybridized carbons (Fsp3) is 0.571. The van der Waals surface area contributed by atoms with E-state index in [2.05, 4.69) is 12.2 Å². The Morgan fingerprint density at radius 1 is 0.806 bits per heavy atom. The number of carboxylic acid groups (broad SMARTS) is 3. The smallest absolute Gasteiger partial charge is 1.00 e. The number of hydrogen-bond donors (Lipinski definition) is 4. The van der Waals surface area contributed by atoms with Gasteiger partial charge in [-0.2, -0.15) is 0 Å². The summed E-state index contributed by atoms with van der Waals surface area (Å²) >= 11 is 0. The molecule has 1 aromatic rings. The Morgan fingerprint density at radius 2 is 1.23 bits per heavy atom. The summed E-state index contributed by atoms with van der Waals surface area (Å²) in [7, 11) is 0. The molecule has 162 valence electrons. The van der Waals surface area contributed by atoms with Crippen LogP contribution in [0.1, 0.15) is 107 Å². The minimum absolute atomic E-state index is 0. The van der Waals surface area contributed by atoms with Gasteiger partial charge < -0.3 is 24.9 Å². The van der Waals surface area contributed by atoms with Crippen LogP contribution in [-0.2, 0) is 0 Å². The number of hydrogen-bond acceptors (Lipinski definition) is 4. The molecule has 0 radical (unpaired) electrons. The third kappa shape index (κ3) is 13.7. The molecule has 1 rings (SSSR count). The molecule has 0 heterocycles. The zero-order chi connectivity index (χ0) is 21.1. The van der Waals surface area contributed by atoms with Crippen molar-refractivity contribution in [1.29, 1.82) is 0 Å². The minimum atomic E-state index is -1.58. The number of unbranched alkanes of at least 4 members (excludes halogenated alkanes) is 7. The predicted octanol–water partition coefficient (Wildman–Crippen LogP) is -3.54. The van der Waals surface area contributed by atoms with Gasteiger partial charge in [0, 0.05) is 11.7 Å².